The summed E-state index contributed by atoms with van der Waals surface area (Å²) in [6, 6.07) is 0.265. The predicted octanol–water partition coefficient (Wildman–Crippen LogP) is 2.72. The average Bonchev–Trinajstić information content (AvgIpc) is 3.13. The van der Waals surface area contributed by atoms with Crippen molar-refractivity contribution < 1.29 is 13.2 Å². The van der Waals surface area contributed by atoms with Crippen molar-refractivity contribution in [3.63, 3.8) is 0 Å². The Hall–Kier alpha value is -1.53. The lowest BCUT2D eigenvalue weighted by Crippen LogP contribution is -2.24. The maximum Gasteiger partial charge on any atom is 0.389 e. The van der Waals surface area contributed by atoms with Crippen LogP contribution in [0.15, 0.2) is 17.2 Å². The van der Waals surface area contributed by atoms with Gasteiger partial charge in [0.25, 0.3) is 5.56 Å². The zero-order chi connectivity index (χ0) is 13.9. The van der Waals surface area contributed by atoms with E-state index in [9.17, 15) is 18.0 Å². The van der Waals surface area contributed by atoms with E-state index >= 15 is 0 Å². The molecule has 2 rings (SSSR count). The summed E-state index contributed by atoms with van der Waals surface area (Å²) in [7, 11) is 0. The summed E-state index contributed by atoms with van der Waals surface area (Å²) in [4.78, 5) is 15.9. The third-order valence-electron chi connectivity index (χ3n) is 2.99. The summed E-state index contributed by atoms with van der Waals surface area (Å²) < 4.78 is 37.4. The number of halogens is 3. The highest BCUT2D eigenvalue weighted by atomic mass is 19.4. The molecule has 1 aromatic heterocycles. The summed E-state index contributed by atoms with van der Waals surface area (Å²) in [6.07, 6.45) is 0.697. The fourth-order valence-corrected chi connectivity index (χ4v) is 1.84. The molecule has 4 nitrogen and oxygen atoms in total. The van der Waals surface area contributed by atoms with Gasteiger partial charge in [0.1, 0.15) is 0 Å². The van der Waals surface area contributed by atoms with Gasteiger partial charge in [-0.25, -0.2) is 4.98 Å². The fraction of sp³-hybridized carbons (Fsp3) is 0.667. The van der Waals surface area contributed by atoms with Crippen molar-refractivity contribution in [2.75, 3.05) is 11.9 Å². The second-order valence-corrected chi connectivity index (χ2v) is 4.72. The van der Waals surface area contributed by atoms with Crippen molar-refractivity contribution in [1.29, 1.82) is 0 Å². The largest absolute Gasteiger partial charge is 0.389 e. The summed E-state index contributed by atoms with van der Waals surface area (Å²) in [5.41, 5.74) is -0.194. The first-order chi connectivity index (χ1) is 8.97. The smallest absolute Gasteiger partial charge is 0.365 e. The maximum absolute atomic E-state index is 11.9. The Kier molecular flexibility index (Phi) is 4.11. The van der Waals surface area contributed by atoms with Crippen molar-refractivity contribution in [2.45, 2.75) is 44.3 Å². The molecule has 1 heterocycles. The summed E-state index contributed by atoms with van der Waals surface area (Å²) in [5, 5.41) is 2.81. The molecule has 0 saturated heterocycles. The molecule has 0 bridgehead atoms. The van der Waals surface area contributed by atoms with Crippen LogP contribution < -0.4 is 10.9 Å². The Balaban J connectivity index is 1.80. The Morgan fingerprint density at radius 2 is 2.11 bits per heavy atom. The van der Waals surface area contributed by atoms with Crippen LogP contribution in [0.3, 0.4) is 0 Å². The minimum absolute atomic E-state index is 0.0557. The van der Waals surface area contributed by atoms with Gasteiger partial charge in [-0.3, -0.25) is 4.79 Å². The molecule has 1 aromatic rings. The molecule has 7 heteroatoms. The molecule has 0 spiro atoms. The Labute approximate surface area is 108 Å². The van der Waals surface area contributed by atoms with Gasteiger partial charge in [-0.1, -0.05) is 0 Å². The van der Waals surface area contributed by atoms with E-state index in [1.165, 1.54) is 6.20 Å². The van der Waals surface area contributed by atoms with Gasteiger partial charge in [0, 0.05) is 31.4 Å². The molecular weight excluding hydrogens is 259 g/mol. The van der Waals surface area contributed by atoms with Gasteiger partial charge in [0.15, 0.2) is 5.82 Å². The highest BCUT2D eigenvalue weighted by molar-refractivity contribution is 5.30. The third-order valence-corrected chi connectivity index (χ3v) is 2.99. The zero-order valence-electron chi connectivity index (χ0n) is 10.4. The van der Waals surface area contributed by atoms with E-state index in [4.69, 9.17) is 0 Å². The average molecular weight is 275 g/mol. The molecule has 0 radical (unpaired) electrons. The van der Waals surface area contributed by atoms with Gasteiger partial charge in [-0.15, -0.1) is 0 Å². The van der Waals surface area contributed by atoms with Gasteiger partial charge in [0.05, 0.1) is 0 Å². The van der Waals surface area contributed by atoms with Crippen molar-refractivity contribution in [3.8, 4) is 0 Å². The van der Waals surface area contributed by atoms with Crippen molar-refractivity contribution in [1.82, 2.24) is 9.55 Å². The first-order valence-corrected chi connectivity index (χ1v) is 6.35. The minimum atomic E-state index is -4.11. The summed E-state index contributed by atoms with van der Waals surface area (Å²) in [5.74, 6) is 0.224. The van der Waals surface area contributed by atoms with Crippen LogP contribution >= 0.6 is 0 Å². The van der Waals surface area contributed by atoms with Crippen molar-refractivity contribution >= 4 is 5.82 Å². The van der Waals surface area contributed by atoms with E-state index in [1.807, 2.05) is 0 Å². The lowest BCUT2D eigenvalue weighted by atomic mass is 10.2. The van der Waals surface area contributed by atoms with E-state index in [1.54, 1.807) is 10.8 Å². The number of rotatable bonds is 6. The Morgan fingerprint density at radius 1 is 1.37 bits per heavy atom. The molecule has 1 aliphatic carbocycles. The molecule has 1 aliphatic rings. The predicted molar refractivity (Wildman–Crippen MR) is 65.2 cm³/mol. The molecule has 0 unspecified atom stereocenters. The van der Waals surface area contributed by atoms with Crippen LogP contribution in [0.4, 0.5) is 19.0 Å². The number of anilines is 1. The fourth-order valence-electron chi connectivity index (χ4n) is 1.84. The molecule has 1 fully saturated rings. The SMILES string of the molecule is O=c1c(NCCCCC(F)(F)F)nccn1C1CC1. The van der Waals surface area contributed by atoms with E-state index in [0.717, 1.165) is 12.8 Å². The second-order valence-electron chi connectivity index (χ2n) is 4.72. The van der Waals surface area contributed by atoms with Gasteiger partial charge in [-0.2, -0.15) is 13.2 Å². The number of nitrogens with zero attached hydrogens (tertiary/aromatic N) is 2. The number of aromatic nitrogens is 2. The van der Waals surface area contributed by atoms with E-state index in [0.29, 0.717) is 13.0 Å². The normalized spacial score (nSPS) is 15.5. The number of nitrogens with one attached hydrogen (secondary N) is 1. The highest BCUT2D eigenvalue weighted by Gasteiger charge is 2.26. The van der Waals surface area contributed by atoms with Crippen LogP contribution in [0.2, 0.25) is 0 Å². The van der Waals surface area contributed by atoms with Crippen LogP contribution in [0.1, 0.15) is 38.1 Å². The molecule has 106 valence electrons. The molecule has 0 aromatic carbocycles. The molecule has 0 aliphatic heterocycles. The van der Waals surface area contributed by atoms with Crippen LogP contribution in [0.25, 0.3) is 0 Å². The molecule has 1 N–H and O–H groups in total. The Bertz CT molecular complexity index is 480. The third kappa shape index (κ3) is 4.25. The number of hydrogen-bond acceptors (Lipinski definition) is 3. The van der Waals surface area contributed by atoms with Gasteiger partial charge in [0.2, 0.25) is 0 Å². The monoisotopic (exact) mass is 275 g/mol. The van der Waals surface area contributed by atoms with Gasteiger partial charge < -0.3 is 9.88 Å². The quantitative estimate of drug-likeness (QED) is 0.812. The second kappa shape index (κ2) is 5.63. The first kappa shape index (κ1) is 13.9. The number of unbranched alkanes of at least 4 members (excludes halogenated alkanes) is 1. The van der Waals surface area contributed by atoms with Gasteiger partial charge in [-0.05, 0) is 25.7 Å². The zero-order valence-corrected chi connectivity index (χ0v) is 10.4. The standard InChI is InChI=1S/C12H16F3N3O/c13-12(14,15)5-1-2-6-16-10-11(19)18(8-7-17-10)9-3-4-9/h7-9H,1-6H2,(H,16,17). The molecular formula is C12H16F3N3O. The Morgan fingerprint density at radius 3 is 2.74 bits per heavy atom. The molecule has 1 saturated carbocycles. The lowest BCUT2D eigenvalue weighted by molar-refractivity contribution is -0.135. The van der Waals surface area contributed by atoms with Crippen LogP contribution in [0.5, 0.6) is 0 Å². The maximum atomic E-state index is 11.9. The number of hydrogen-bond donors (Lipinski definition) is 1. The molecule has 0 amide bonds. The van der Waals surface area contributed by atoms with E-state index in [-0.39, 0.29) is 23.8 Å². The lowest BCUT2D eigenvalue weighted by Gasteiger charge is -2.08. The molecule has 19 heavy (non-hydrogen) atoms. The van der Waals surface area contributed by atoms with Gasteiger partial charge >= 0.3 is 6.18 Å². The van der Waals surface area contributed by atoms with Crippen LogP contribution in [-0.4, -0.2) is 22.3 Å². The minimum Gasteiger partial charge on any atom is -0.365 e. The summed E-state index contributed by atoms with van der Waals surface area (Å²) in [6.45, 7) is 0.326. The van der Waals surface area contributed by atoms with Crippen LogP contribution in [-0.2, 0) is 0 Å². The first-order valence-electron chi connectivity index (χ1n) is 6.35. The van der Waals surface area contributed by atoms with Crippen molar-refractivity contribution in [2.24, 2.45) is 0 Å². The number of alkyl halides is 3. The molecule has 0 atom stereocenters. The highest BCUT2D eigenvalue weighted by Crippen LogP contribution is 2.33. The topological polar surface area (TPSA) is 46.9 Å². The van der Waals surface area contributed by atoms with E-state index in [2.05, 4.69) is 10.3 Å². The van der Waals surface area contributed by atoms with Crippen LogP contribution in [0, 0.1) is 0 Å². The van der Waals surface area contributed by atoms with Crippen molar-refractivity contribution in [3.05, 3.63) is 22.7 Å². The summed E-state index contributed by atoms with van der Waals surface area (Å²) >= 11 is 0. The van der Waals surface area contributed by atoms with E-state index < -0.39 is 12.6 Å².